The van der Waals surface area contributed by atoms with Crippen LogP contribution < -0.4 is 15.2 Å². The average molecular weight is 559 g/mol. The van der Waals surface area contributed by atoms with Crippen molar-refractivity contribution in [3.8, 4) is 45.4 Å². The number of aromatic nitrogens is 4. The summed E-state index contributed by atoms with van der Waals surface area (Å²) in [6, 6.07) is 28.2. The fourth-order valence-corrected chi connectivity index (χ4v) is 4.71. The molecule has 0 aliphatic carbocycles. The molecule has 2 aromatic heterocycles. The summed E-state index contributed by atoms with van der Waals surface area (Å²) in [6.45, 7) is 2.15. The van der Waals surface area contributed by atoms with E-state index in [-0.39, 0.29) is 0 Å². The number of azide groups is 1. The molecule has 0 saturated carbocycles. The zero-order chi connectivity index (χ0) is 28.7. The van der Waals surface area contributed by atoms with Crippen LogP contribution in [0.15, 0.2) is 90.0 Å². The van der Waals surface area contributed by atoms with Gasteiger partial charge in [-0.1, -0.05) is 17.2 Å². The molecule has 0 radical (unpaired) electrons. The molecule has 10 heteroatoms. The lowest BCUT2D eigenvalue weighted by atomic mass is 10.0. The van der Waals surface area contributed by atoms with Crippen LogP contribution in [0, 0.1) is 0 Å². The Hall–Kier alpha value is -5.31. The SMILES string of the molecule is [N-]=[N+]=NCCCOc1ccc(-c2nc3ccc(-c4ccc5nc(-c6ccc(OCCCN)cc6)[nH]c5c4)cc3[nH]2)cc1. The molecule has 2 heterocycles. The van der Waals surface area contributed by atoms with Crippen molar-refractivity contribution in [3.05, 3.63) is 95.4 Å². The number of ether oxygens (including phenoxy) is 2. The molecular formula is C32H30N8O2. The number of hydrogen-bond acceptors (Lipinski definition) is 6. The molecule has 0 spiro atoms. The normalized spacial score (nSPS) is 11.1. The Morgan fingerprint density at radius 2 is 1.14 bits per heavy atom. The van der Waals surface area contributed by atoms with Crippen molar-refractivity contribution >= 4 is 22.1 Å². The van der Waals surface area contributed by atoms with Crippen molar-refractivity contribution in [2.45, 2.75) is 12.8 Å². The summed E-state index contributed by atoms with van der Waals surface area (Å²) >= 11 is 0. The topological polar surface area (TPSA) is 151 Å². The van der Waals surface area contributed by atoms with E-state index in [4.69, 9.17) is 30.7 Å². The van der Waals surface area contributed by atoms with Gasteiger partial charge in [-0.2, -0.15) is 0 Å². The molecule has 0 unspecified atom stereocenters. The van der Waals surface area contributed by atoms with Crippen molar-refractivity contribution < 1.29 is 9.47 Å². The Balaban J connectivity index is 1.17. The molecule has 0 atom stereocenters. The zero-order valence-electron chi connectivity index (χ0n) is 23.0. The highest BCUT2D eigenvalue weighted by Gasteiger charge is 2.10. The third kappa shape index (κ3) is 6.05. The summed E-state index contributed by atoms with van der Waals surface area (Å²) in [5.74, 6) is 3.19. The van der Waals surface area contributed by atoms with Gasteiger partial charge in [-0.25, -0.2) is 9.97 Å². The summed E-state index contributed by atoms with van der Waals surface area (Å²) in [5.41, 5.74) is 21.8. The van der Waals surface area contributed by atoms with Gasteiger partial charge < -0.3 is 25.2 Å². The van der Waals surface area contributed by atoms with Crippen molar-refractivity contribution in [2.75, 3.05) is 26.3 Å². The number of benzene rings is 4. The molecule has 0 fully saturated rings. The van der Waals surface area contributed by atoms with Gasteiger partial charge >= 0.3 is 0 Å². The van der Waals surface area contributed by atoms with Gasteiger partial charge in [0.15, 0.2) is 0 Å². The van der Waals surface area contributed by atoms with Crippen LogP contribution in [0.2, 0.25) is 0 Å². The fourth-order valence-electron chi connectivity index (χ4n) is 4.71. The number of fused-ring (bicyclic) bond motifs is 2. The van der Waals surface area contributed by atoms with Crippen LogP contribution in [0.25, 0.3) is 66.4 Å². The molecule has 210 valence electrons. The van der Waals surface area contributed by atoms with E-state index in [9.17, 15) is 0 Å². The van der Waals surface area contributed by atoms with Crippen molar-refractivity contribution in [2.24, 2.45) is 10.8 Å². The van der Waals surface area contributed by atoms with Gasteiger partial charge in [0.2, 0.25) is 0 Å². The molecule has 0 aliphatic heterocycles. The maximum absolute atomic E-state index is 8.35. The number of hydrogen-bond donors (Lipinski definition) is 3. The molecule has 6 aromatic rings. The third-order valence-corrected chi connectivity index (χ3v) is 6.90. The number of nitrogens with one attached hydrogen (secondary N) is 2. The van der Waals surface area contributed by atoms with Crippen molar-refractivity contribution in [3.63, 3.8) is 0 Å². The molecule has 6 rings (SSSR count). The molecule has 0 amide bonds. The van der Waals surface area contributed by atoms with E-state index in [1.807, 2.05) is 60.7 Å². The highest BCUT2D eigenvalue weighted by Crippen LogP contribution is 2.30. The van der Waals surface area contributed by atoms with Gasteiger partial charge in [-0.3, -0.25) is 0 Å². The van der Waals surface area contributed by atoms with Crippen LogP contribution in [-0.4, -0.2) is 46.2 Å². The summed E-state index contributed by atoms with van der Waals surface area (Å²) in [5, 5.41) is 3.52. The van der Waals surface area contributed by atoms with E-state index < -0.39 is 0 Å². The van der Waals surface area contributed by atoms with E-state index in [0.717, 1.165) is 73.9 Å². The minimum absolute atomic E-state index is 0.424. The lowest BCUT2D eigenvalue weighted by molar-refractivity contribution is 0.313. The van der Waals surface area contributed by atoms with Gasteiger partial charge in [0.1, 0.15) is 23.1 Å². The second-order valence-electron chi connectivity index (χ2n) is 9.83. The summed E-state index contributed by atoms with van der Waals surface area (Å²) in [6.07, 6.45) is 1.50. The third-order valence-electron chi connectivity index (χ3n) is 6.90. The Morgan fingerprint density at radius 1 is 0.667 bits per heavy atom. The van der Waals surface area contributed by atoms with Crippen molar-refractivity contribution in [1.29, 1.82) is 0 Å². The van der Waals surface area contributed by atoms with Gasteiger partial charge in [0.25, 0.3) is 0 Å². The van der Waals surface area contributed by atoms with Gasteiger partial charge in [-0.15, -0.1) is 0 Å². The molecule has 0 aliphatic rings. The Morgan fingerprint density at radius 3 is 1.62 bits per heavy atom. The highest BCUT2D eigenvalue weighted by molar-refractivity contribution is 5.88. The standard InChI is InChI=1S/C32H30N8O2/c33-15-1-17-41-25-9-3-21(4-10-25)31-36-27-13-7-23(19-29(27)38-31)24-8-14-28-30(20-24)39-32(37-28)22-5-11-26(12-6-22)42-18-2-16-35-40-34/h3-14,19-20H,1-2,15-18,33H2,(H,36,38)(H,37,39). The second kappa shape index (κ2) is 12.5. The highest BCUT2D eigenvalue weighted by atomic mass is 16.5. The molecule has 4 aromatic carbocycles. The predicted octanol–water partition coefficient (Wildman–Crippen LogP) is 7.25. The predicted molar refractivity (Wildman–Crippen MR) is 165 cm³/mol. The minimum atomic E-state index is 0.424. The monoisotopic (exact) mass is 558 g/mol. The van der Waals surface area contributed by atoms with Crippen molar-refractivity contribution in [1.82, 2.24) is 19.9 Å². The average Bonchev–Trinajstić information content (AvgIpc) is 3.65. The van der Waals surface area contributed by atoms with Crippen LogP contribution in [0.5, 0.6) is 11.5 Å². The van der Waals surface area contributed by atoms with Crippen LogP contribution in [0.4, 0.5) is 0 Å². The Labute approximate surface area is 242 Å². The minimum Gasteiger partial charge on any atom is -0.494 e. The van der Waals surface area contributed by atoms with E-state index >= 15 is 0 Å². The number of rotatable bonds is 12. The second-order valence-corrected chi connectivity index (χ2v) is 9.83. The number of nitrogens with zero attached hydrogens (tertiary/aromatic N) is 5. The quantitative estimate of drug-likeness (QED) is 0.0625. The number of nitrogens with two attached hydrogens (primary N) is 1. The van der Waals surface area contributed by atoms with E-state index in [1.165, 1.54) is 0 Å². The Bertz CT molecular complexity index is 1850. The summed E-state index contributed by atoms with van der Waals surface area (Å²) in [4.78, 5) is 19.2. The van der Waals surface area contributed by atoms with Crippen LogP contribution in [-0.2, 0) is 0 Å². The zero-order valence-corrected chi connectivity index (χ0v) is 23.0. The molecule has 4 N–H and O–H groups in total. The number of H-pyrrole nitrogens is 2. The molecule has 42 heavy (non-hydrogen) atoms. The van der Waals surface area contributed by atoms with E-state index in [2.05, 4.69) is 44.3 Å². The maximum atomic E-state index is 8.35. The van der Waals surface area contributed by atoms with Gasteiger partial charge in [0.05, 0.1) is 35.3 Å². The van der Waals surface area contributed by atoms with Gasteiger partial charge in [0, 0.05) is 22.6 Å². The Kier molecular flexibility index (Phi) is 7.98. The van der Waals surface area contributed by atoms with Gasteiger partial charge in [-0.05, 0) is 109 Å². The van der Waals surface area contributed by atoms with E-state index in [1.54, 1.807) is 0 Å². The molecule has 0 bridgehead atoms. The summed E-state index contributed by atoms with van der Waals surface area (Å²) in [7, 11) is 0. The first-order valence-corrected chi connectivity index (χ1v) is 13.9. The lowest BCUT2D eigenvalue weighted by Crippen LogP contribution is -2.05. The lowest BCUT2D eigenvalue weighted by Gasteiger charge is -2.05. The number of aromatic amines is 2. The van der Waals surface area contributed by atoms with Crippen LogP contribution >= 0.6 is 0 Å². The first kappa shape index (κ1) is 26.9. The summed E-state index contributed by atoms with van der Waals surface area (Å²) < 4.78 is 11.4. The first-order chi connectivity index (χ1) is 20.7. The number of imidazole rings is 2. The maximum Gasteiger partial charge on any atom is 0.138 e. The molecular weight excluding hydrogens is 528 g/mol. The first-order valence-electron chi connectivity index (χ1n) is 13.9. The molecule has 10 nitrogen and oxygen atoms in total. The largest absolute Gasteiger partial charge is 0.494 e. The van der Waals surface area contributed by atoms with Crippen LogP contribution in [0.3, 0.4) is 0 Å². The van der Waals surface area contributed by atoms with E-state index in [0.29, 0.717) is 32.7 Å². The molecule has 0 saturated heterocycles. The fraction of sp³-hybridized carbons (Fsp3) is 0.188. The smallest absolute Gasteiger partial charge is 0.138 e. The van der Waals surface area contributed by atoms with Crippen LogP contribution in [0.1, 0.15) is 12.8 Å².